The molecule has 6 heteroatoms. The zero-order valence-electron chi connectivity index (χ0n) is 20.2. The number of benzene rings is 2. The first-order chi connectivity index (χ1) is 15.9. The van der Waals surface area contributed by atoms with Crippen LogP contribution < -0.4 is 15.0 Å². The number of rotatable bonds is 6. The number of aryl methyl sites for hydroxylation is 2. The van der Waals surface area contributed by atoms with Gasteiger partial charge in [-0.05, 0) is 56.5 Å². The fourth-order valence-electron chi connectivity index (χ4n) is 4.68. The van der Waals surface area contributed by atoms with E-state index in [4.69, 9.17) is 9.47 Å². The minimum atomic E-state index is -0.132. The molecule has 3 aromatic rings. The predicted octanol–water partition coefficient (Wildman–Crippen LogP) is 4.87. The third-order valence-electron chi connectivity index (χ3n) is 6.46. The van der Waals surface area contributed by atoms with Crippen LogP contribution in [0.5, 0.6) is 5.75 Å². The lowest BCUT2D eigenvalue weighted by molar-refractivity contribution is 0.101. The molecule has 6 nitrogen and oxygen atoms in total. The summed E-state index contributed by atoms with van der Waals surface area (Å²) < 4.78 is 13.2. The number of nitrogens with one attached hydrogen (secondary N) is 1. The molecule has 0 bridgehead atoms. The van der Waals surface area contributed by atoms with Crippen LogP contribution in [0.4, 0.5) is 11.4 Å². The van der Waals surface area contributed by atoms with Crippen LogP contribution in [0.25, 0.3) is 0 Å². The number of methoxy groups -OCH3 is 1. The van der Waals surface area contributed by atoms with Gasteiger partial charge in [0.15, 0.2) is 0 Å². The Hall–Kier alpha value is -3.25. The molecular formula is C27H33N3O3. The Kier molecular flexibility index (Phi) is 6.75. The molecule has 0 saturated carbocycles. The van der Waals surface area contributed by atoms with E-state index < -0.39 is 0 Å². The summed E-state index contributed by atoms with van der Waals surface area (Å²) in [4.78, 5) is 16.1. The van der Waals surface area contributed by atoms with E-state index in [1.54, 1.807) is 7.11 Å². The monoisotopic (exact) mass is 447 g/mol. The fourth-order valence-corrected chi connectivity index (χ4v) is 4.68. The number of carbonyl (C=O) groups excluding carboxylic acids is 1. The van der Waals surface area contributed by atoms with Gasteiger partial charge in [-0.3, -0.25) is 4.79 Å². The van der Waals surface area contributed by atoms with Crippen molar-refractivity contribution in [1.29, 1.82) is 0 Å². The zero-order valence-corrected chi connectivity index (χ0v) is 20.2. The van der Waals surface area contributed by atoms with E-state index in [1.165, 1.54) is 11.1 Å². The van der Waals surface area contributed by atoms with Gasteiger partial charge in [0.05, 0.1) is 31.7 Å². The number of nitrogens with zero attached hydrogens (tertiary/aromatic N) is 2. The van der Waals surface area contributed by atoms with Crippen molar-refractivity contribution in [2.24, 2.45) is 0 Å². The third kappa shape index (κ3) is 4.62. The average molecular weight is 448 g/mol. The third-order valence-corrected chi connectivity index (χ3v) is 6.46. The molecule has 2 aromatic carbocycles. The highest BCUT2D eigenvalue weighted by Gasteiger charge is 2.27. The minimum absolute atomic E-state index is 0.132. The smallest absolute Gasteiger partial charge is 0.272 e. The Bertz CT molecular complexity index is 1160. The van der Waals surface area contributed by atoms with Gasteiger partial charge >= 0.3 is 0 Å². The summed E-state index contributed by atoms with van der Waals surface area (Å²) in [5.74, 6) is 0.515. The van der Waals surface area contributed by atoms with Crippen molar-refractivity contribution < 1.29 is 14.3 Å². The molecule has 0 aliphatic carbocycles. The van der Waals surface area contributed by atoms with Crippen LogP contribution in [0, 0.1) is 27.7 Å². The average Bonchev–Trinajstić information content (AvgIpc) is 3.05. The van der Waals surface area contributed by atoms with Gasteiger partial charge in [0, 0.05) is 30.9 Å². The Labute approximate surface area is 196 Å². The summed E-state index contributed by atoms with van der Waals surface area (Å²) in [6.07, 6.45) is 0. The molecule has 1 aromatic heterocycles. The Morgan fingerprint density at radius 2 is 1.79 bits per heavy atom. The van der Waals surface area contributed by atoms with Gasteiger partial charge in [0.25, 0.3) is 5.91 Å². The normalized spacial score (nSPS) is 13.8. The molecule has 1 fully saturated rings. The molecule has 174 valence electrons. The molecule has 0 radical (unpaired) electrons. The fraction of sp³-hybridized carbons (Fsp3) is 0.370. The van der Waals surface area contributed by atoms with Crippen molar-refractivity contribution in [3.05, 3.63) is 76.1 Å². The summed E-state index contributed by atoms with van der Waals surface area (Å²) in [5, 5.41) is 3.12. The van der Waals surface area contributed by atoms with Crippen LogP contribution in [0.15, 0.2) is 42.5 Å². The molecule has 0 unspecified atom stereocenters. The van der Waals surface area contributed by atoms with Crippen LogP contribution >= 0.6 is 0 Å². The number of morpholine rings is 1. The number of hydrogen-bond acceptors (Lipinski definition) is 4. The Morgan fingerprint density at radius 1 is 1.06 bits per heavy atom. The number of anilines is 2. The number of carbonyl (C=O) groups is 1. The maximum Gasteiger partial charge on any atom is 0.272 e. The first-order valence-electron chi connectivity index (χ1n) is 11.4. The van der Waals surface area contributed by atoms with Gasteiger partial charge in [-0.1, -0.05) is 30.3 Å². The van der Waals surface area contributed by atoms with Gasteiger partial charge in [-0.15, -0.1) is 0 Å². The van der Waals surface area contributed by atoms with Gasteiger partial charge in [-0.25, -0.2) is 0 Å². The molecule has 33 heavy (non-hydrogen) atoms. The van der Waals surface area contributed by atoms with Gasteiger partial charge in [-0.2, -0.15) is 0 Å². The summed E-state index contributed by atoms with van der Waals surface area (Å²) in [6, 6.07) is 14.1. The summed E-state index contributed by atoms with van der Waals surface area (Å²) >= 11 is 0. The molecule has 1 aliphatic rings. The van der Waals surface area contributed by atoms with Gasteiger partial charge < -0.3 is 24.3 Å². The van der Waals surface area contributed by atoms with E-state index >= 15 is 0 Å². The van der Waals surface area contributed by atoms with Crippen molar-refractivity contribution in [2.45, 2.75) is 34.2 Å². The topological polar surface area (TPSA) is 55.7 Å². The summed E-state index contributed by atoms with van der Waals surface area (Å²) in [7, 11) is 1.62. The molecule has 4 rings (SSSR count). The van der Waals surface area contributed by atoms with E-state index in [9.17, 15) is 4.79 Å². The maximum absolute atomic E-state index is 13.7. The molecule has 1 amide bonds. The van der Waals surface area contributed by atoms with Crippen molar-refractivity contribution in [3.63, 3.8) is 0 Å². The maximum atomic E-state index is 13.7. The number of hydrogen-bond donors (Lipinski definition) is 1. The second-order valence-electron chi connectivity index (χ2n) is 8.68. The summed E-state index contributed by atoms with van der Waals surface area (Å²) in [6.45, 7) is 12.0. The second-order valence-corrected chi connectivity index (χ2v) is 8.68. The van der Waals surface area contributed by atoms with Crippen LogP contribution in [0.3, 0.4) is 0 Å². The first kappa shape index (κ1) is 22.9. The van der Waals surface area contributed by atoms with Crippen LogP contribution in [0.2, 0.25) is 0 Å². The van der Waals surface area contributed by atoms with Crippen molar-refractivity contribution in [2.75, 3.05) is 43.6 Å². The molecule has 2 heterocycles. The lowest BCUT2D eigenvalue weighted by atomic mass is 10.1. The SMILES string of the molecule is COc1ccc(C)cc1NC(=O)c1c(C)c(N2CCOCC2)c(C)n1Cc1ccccc1C. The lowest BCUT2D eigenvalue weighted by Crippen LogP contribution is -2.36. The van der Waals surface area contributed by atoms with E-state index in [-0.39, 0.29) is 5.91 Å². The molecule has 1 aliphatic heterocycles. The van der Waals surface area contributed by atoms with Crippen LogP contribution in [-0.2, 0) is 11.3 Å². The lowest BCUT2D eigenvalue weighted by Gasteiger charge is -2.29. The van der Waals surface area contributed by atoms with Crippen molar-refractivity contribution >= 4 is 17.3 Å². The summed E-state index contributed by atoms with van der Waals surface area (Å²) in [5.41, 5.74) is 8.05. The first-order valence-corrected chi connectivity index (χ1v) is 11.4. The number of amides is 1. The Balaban J connectivity index is 1.79. The van der Waals surface area contributed by atoms with Crippen LogP contribution in [0.1, 0.15) is 38.4 Å². The highest BCUT2D eigenvalue weighted by atomic mass is 16.5. The zero-order chi connectivity index (χ0) is 23.5. The van der Waals surface area contributed by atoms with Crippen molar-refractivity contribution in [1.82, 2.24) is 4.57 Å². The largest absolute Gasteiger partial charge is 0.495 e. The van der Waals surface area contributed by atoms with Gasteiger partial charge in [0.1, 0.15) is 11.4 Å². The number of ether oxygens (including phenoxy) is 2. The highest BCUT2D eigenvalue weighted by Crippen LogP contribution is 2.34. The van der Waals surface area contributed by atoms with E-state index in [2.05, 4.69) is 47.7 Å². The van der Waals surface area contributed by atoms with Crippen LogP contribution in [-0.4, -0.2) is 43.9 Å². The molecule has 0 spiro atoms. The van der Waals surface area contributed by atoms with E-state index in [0.717, 1.165) is 35.6 Å². The van der Waals surface area contributed by atoms with Gasteiger partial charge in [0.2, 0.25) is 0 Å². The van der Waals surface area contributed by atoms with E-state index in [1.807, 2.05) is 37.3 Å². The molecule has 0 atom stereocenters. The molecular weight excluding hydrogens is 414 g/mol. The van der Waals surface area contributed by atoms with Crippen molar-refractivity contribution in [3.8, 4) is 5.75 Å². The molecule has 1 saturated heterocycles. The number of aromatic nitrogens is 1. The molecule has 1 N–H and O–H groups in total. The standard InChI is InChI=1S/C27H33N3O3/c1-18-10-11-24(32-5)23(16-18)28-27(31)26-20(3)25(29-12-14-33-15-13-29)21(4)30(26)17-22-9-7-6-8-19(22)2/h6-11,16H,12-15,17H2,1-5H3,(H,28,31). The Morgan fingerprint density at radius 3 is 2.48 bits per heavy atom. The van der Waals surface area contributed by atoms with E-state index in [0.29, 0.717) is 36.9 Å². The quantitative estimate of drug-likeness (QED) is 0.586. The highest BCUT2D eigenvalue weighted by molar-refractivity contribution is 6.06. The predicted molar refractivity (Wildman–Crippen MR) is 133 cm³/mol. The minimum Gasteiger partial charge on any atom is -0.495 e. The second kappa shape index (κ2) is 9.71.